The minimum absolute atomic E-state index is 0. The maximum Gasteiger partial charge on any atom is 0.189 e. The Morgan fingerprint density at radius 1 is 1.12 bits per heavy atom. The Bertz CT molecular complexity index is 510. The Hall–Kier alpha value is -0.860. The van der Waals surface area contributed by atoms with Crippen LogP contribution in [0.5, 0.6) is 0 Å². The van der Waals surface area contributed by atoms with Crippen molar-refractivity contribution in [2.45, 2.75) is 39.9 Å². The third kappa shape index (κ3) is 6.94. The lowest BCUT2D eigenvalue weighted by molar-refractivity contribution is 0.131. The lowest BCUT2D eigenvalue weighted by Gasteiger charge is -2.34. The topological polar surface area (TPSA) is 56.9 Å². The van der Waals surface area contributed by atoms with Crippen molar-refractivity contribution in [2.75, 3.05) is 32.7 Å². The summed E-state index contributed by atoms with van der Waals surface area (Å²) < 4.78 is 0. The van der Waals surface area contributed by atoms with E-state index >= 15 is 0 Å². The van der Waals surface area contributed by atoms with Crippen LogP contribution >= 0.6 is 24.0 Å². The van der Waals surface area contributed by atoms with E-state index in [0.717, 1.165) is 26.2 Å². The van der Waals surface area contributed by atoms with E-state index in [1.165, 1.54) is 24.2 Å². The molecule has 136 valence electrons. The van der Waals surface area contributed by atoms with Gasteiger partial charge in [-0.1, -0.05) is 31.2 Å². The Morgan fingerprint density at radius 3 is 2.29 bits per heavy atom. The molecule has 6 heteroatoms. The highest BCUT2D eigenvalue weighted by Gasteiger charge is 2.16. The Labute approximate surface area is 163 Å². The van der Waals surface area contributed by atoms with Crippen molar-refractivity contribution in [1.82, 2.24) is 15.1 Å². The molecule has 1 aliphatic heterocycles. The van der Waals surface area contributed by atoms with Crippen molar-refractivity contribution >= 4 is 29.9 Å². The summed E-state index contributed by atoms with van der Waals surface area (Å²) in [6, 6.07) is 8.87. The Balaban J connectivity index is 0.00000288. The molecule has 0 bridgehead atoms. The highest BCUT2D eigenvalue weighted by Crippen LogP contribution is 2.14. The van der Waals surface area contributed by atoms with Gasteiger partial charge < -0.3 is 16.0 Å². The van der Waals surface area contributed by atoms with E-state index in [4.69, 9.17) is 5.73 Å². The summed E-state index contributed by atoms with van der Waals surface area (Å²) in [5, 5.41) is 3.14. The quantitative estimate of drug-likeness (QED) is 0.401. The van der Waals surface area contributed by atoms with Crippen LogP contribution in [0.15, 0.2) is 29.3 Å². The van der Waals surface area contributed by atoms with Crippen LogP contribution in [-0.4, -0.2) is 54.5 Å². The van der Waals surface area contributed by atoms with Gasteiger partial charge in [0.1, 0.15) is 0 Å². The van der Waals surface area contributed by atoms with Gasteiger partial charge in [-0.15, -0.1) is 24.0 Å². The SMILES string of the molecule is CCN1CCN(Cc2ccccc2CN=C(N)NC(C)C)CC1.I. The summed E-state index contributed by atoms with van der Waals surface area (Å²) in [7, 11) is 0. The fourth-order valence-electron chi connectivity index (χ4n) is 2.88. The van der Waals surface area contributed by atoms with Crippen LogP contribution in [0.4, 0.5) is 0 Å². The second-order valence-corrected chi connectivity index (χ2v) is 6.48. The molecule has 2 rings (SSSR count). The van der Waals surface area contributed by atoms with Crippen molar-refractivity contribution in [1.29, 1.82) is 0 Å². The van der Waals surface area contributed by atoms with Crippen LogP contribution in [0.1, 0.15) is 31.9 Å². The van der Waals surface area contributed by atoms with E-state index in [-0.39, 0.29) is 24.0 Å². The molecule has 0 amide bonds. The van der Waals surface area contributed by atoms with E-state index in [9.17, 15) is 0 Å². The predicted octanol–water partition coefficient (Wildman–Crippen LogP) is 2.25. The normalized spacial score (nSPS) is 16.9. The number of aliphatic imine (C=N–C) groups is 1. The zero-order valence-corrected chi connectivity index (χ0v) is 17.5. The van der Waals surface area contributed by atoms with Gasteiger partial charge in [-0.25, -0.2) is 4.99 Å². The van der Waals surface area contributed by atoms with Crippen molar-refractivity contribution in [3.05, 3.63) is 35.4 Å². The molecular formula is C18H32IN5. The van der Waals surface area contributed by atoms with Crippen molar-refractivity contribution < 1.29 is 0 Å². The molecule has 5 nitrogen and oxygen atoms in total. The largest absolute Gasteiger partial charge is 0.370 e. The molecule has 0 aliphatic carbocycles. The molecule has 1 aromatic rings. The lowest BCUT2D eigenvalue weighted by atomic mass is 10.1. The minimum atomic E-state index is 0. The summed E-state index contributed by atoms with van der Waals surface area (Å²) in [4.78, 5) is 9.51. The molecule has 1 aliphatic rings. The van der Waals surface area contributed by atoms with E-state index in [0.29, 0.717) is 18.5 Å². The van der Waals surface area contributed by atoms with Crippen LogP contribution < -0.4 is 11.1 Å². The second kappa shape index (κ2) is 10.9. The third-order valence-corrected chi connectivity index (χ3v) is 4.28. The average Bonchev–Trinajstić information content (AvgIpc) is 2.54. The monoisotopic (exact) mass is 445 g/mol. The summed E-state index contributed by atoms with van der Waals surface area (Å²) in [6.07, 6.45) is 0. The molecule has 1 aromatic carbocycles. The van der Waals surface area contributed by atoms with Crippen molar-refractivity contribution in [3.8, 4) is 0 Å². The average molecular weight is 445 g/mol. The van der Waals surface area contributed by atoms with E-state index in [1.807, 2.05) is 0 Å². The molecule has 1 saturated heterocycles. The molecule has 0 unspecified atom stereocenters. The minimum Gasteiger partial charge on any atom is -0.370 e. The molecule has 0 saturated carbocycles. The molecule has 24 heavy (non-hydrogen) atoms. The smallest absolute Gasteiger partial charge is 0.189 e. The van der Waals surface area contributed by atoms with Gasteiger partial charge in [0.25, 0.3) is 0 Å². The van der Waals surface area contributed by atoms with Crippen LogP contribution in [0.25, 0.3) is 0 Å². The van der Waals surface area contributed by atoms with Gasteiger partial charge >= 0.3 is 0 Å². The highest BCUT2D eigenvalue weighted by molar-refractivity contribution is 14.0. The number of halogens is 1. The fourth-order valence-corrected chi connectivity index (χ4v) is 2.88. The third-order valence-electron chi connectivity index (χ3n) is 4.28. The van der Waals surface area contributed by atoms with Gasteiger partial charge in [-0.3, -0.25) is 4.90 Å². The van der Waals surface area contributed by atoms with Crippen LogP contribution in [0, 0.1) is 0 Å². The summed E-state index contributed by atoms with van der Waals surface area (Å²) in [5.74, 6) is 0.520. The first-order valence-electron chi connectivity index (χ1n) is 8.66. The first-order valence-corrected chi connectivity index (χ1v) is 8.66. The number of nitrogens with zero attached hydrogens (tertiary/aromatic N) is 3. The van der Waals surface area contributed by atoms with Crippen molar-refractivity contribution in [3.63, 3.8) is 0 Å². The molecule has 1 fully saturated rings. The van der Waals surface area contributed by atoms with Crippen LogP contribution in [0.3, 0.4) is 0 Å². The number of hydrogen-bond donors (Lipinski definition) is 2. The van der Waals surface area contributed by atoms with Gasteiger partial charge in [-0.2, -0.15) is 0 Å². The number of rotatable bonds is 6. The number of benzene rings is 1. The number of likely N-dealkylation sites (N-methyl/N-ethyl adjacent to an activating group) is 1. The van der Waals surface area contributed by atoms with Gasteiger partial charge in [0.05, 0.1) is 6.54 Å². The number of guanidine groups is 1. The van der Waals surface area contributed by atoms with E-state index in [1.54, 1.807) is 0 Å². The van der Waals surface area contributed by atoms with E-state index < -0.39 is 0 Å². The standard InChI is InChI=1S/C18H31N5.HI/c1-4-22-9-11-23(12-10-22)14-17-8-6-5-7-16(17)13-20-18(19)21-15(2)3;/h5-8,15H,4,9-14H2,1-3H3,(H3,19,20,21);1H. The maximum absolute atomic E-state index is 5.91. The van der Waals surface area contributed by atoms with Gasteiger partial charge in [0.15, 0.2) is 5.96 Å². The molecule has 3 N–H and O–H groups in total. The first-order chi connectivity index (χ1) is 11.1. The molecule has 0 atom stereocenters. The summed E-state index contributed by atoms with van der Waals surface area (Å²) in [6.45, 7) is 13.8. The molecule has 0 radical (unpaired) electrons. The Morgan fingerprint density at radius 2 is 1.71 bits per heavy atom. The number of hydrogen-bond acceptors (Lipinski definition) is 3. The Kier molecular flexibility index (Phi) is 9.61. The summed E-state index contributed by atoms with van der Waals surface area (Å²) in [5.41, 5.74) is 8.53. The first kappa shape index (κ1) is 21.2. The molecule has 0 spiro atoms. The zero-order valence-electron chi connectivity index (χ0n) is 15.2. The van der Waals surface area contributed by atoms with Gasteiger partial charge in [0.2, 0.25) is 0 Å². The molecule has 0 aromatic heterocycles. The second-order valence-electron chi connectivity index (χ2n) is 6.48. The molecular weight excluding hydrogens is 413 g/mol. The van der Waals surface area contributed by atoms with E-state index in [2.05, 4.69) is 65.1 Å². The highest BCUT2D eigenvalue weighted by atomic mass is 127. The predicted molar refractivity (Wildman–Crippen MR) is 113 cm³/mol. The summed E-state index contributed by atoms with van der Waals surface area (Å²) >= 11 is 0. The molecule has 1 heterocycles. The number of piperazine rings is 1. The maximum atomic E-state index is 5.91. The fraction of sp³-hybridized carbons (Fsp3) is 0.611. The van der Waals surface area contributed by atoms with Crippen LogP contribution in [-0.2, 0) is 13.1 Å². The lowest BCUT2D eigenvalue weighted by Crippen LogP contribution is -2.45. The number of nitrogens with one attached hydrogen (secondary N) is 1. The van der Waals surface area contributed by atoms with Crippen molar-refractivity contribution in [2.24, 2.45) is 10.7 Å². The number of nitrogens with two attached hydrogens (primary N) is 1. The van der Waals surface area contributed by atoms with Gasteiger partial charge in [-0.05, 0) is 31.5 Å². The van der Waals surface area contributed by atoms with Gasteiger partial charge in [0, 0.05) is 38.8 Å². The zero-order chi connectivity index (χ0) is 16.7. The van der Waals surface area contributed by atoms with Crippen LogP contribution in [0.2, 0.25) is 0 Å².